The minimum Gasteiger partial charge on any atom is -0.400 e. The summed E-state index contributed by atoms with van der Waals surface area (Å²) in [5.41, 5.74) is 0.422. The second-order valence-electron chi connectivity index (χ2n) is 5.40. The van der Waals surface area contributed by atoms with Crippen molar-refractivity contribution < 1.29 is 14.1 Å². The zero-order chi connectivity index (χ0) is 12.0. The van der Waals surface area contributed by atoms with E-state index in [1.54, 1.807) is 4.90 Å². The van der Waals surface area contributed by atoms with E-state index in [0.717, 1.165) is 11.9 Å². The highest BCUT2D eigenvalue weighted by molar-refractivity contribution is 6.55. The molecule has 0 N–H and O–H groups in total. The number of nitrogens with zero attached hydrogens (tertiary/aromatic N) is 1. The maximum absolute atomic E-state index is 10.6. The number of carbonyl (C=O) groups excluding carboxylic acids is 1. The summed E-state index contributed by atoms with van der Waals surface area (Å²) in [6, 6.07) is 0. The summed E-state index contributed by atoms with van der Waals surface area (Å²) in [5, 5.41) is 0. The van der Waals surface area contributed by atoms with Crippen LogP contribution < -0.4 is 0 Å². The van der Waals surface area contributed by atoms with Gasteiger partial charge in [-0.25, -0.2) is 0 Å². The molecule has 2 aliphatic rings. The lowest BCUT2D eigenvalue weighted by atomic mass is 9.79. The molecular formula is C11H18BNO3. The summed E-state index contributed by atoms with van der Waals surface area (Å²) >= 11 is 0. The van der Waals surface area contributed by atoms with Gasteiger partial charge in [-0.15, -0.1) is 0 Å². The lowest BCUT2D eigenvalue weighted by molar-refractivity contribution is -0.116. The zero-order valence-electron chi connectivity index (χ0n) is 10.3. The molecule has 1 saturated heterocycles. The standard InChI is InChI=1S/C11H18BNO3/c1-10(2)11(3,4)16-12(15-10)9-5-6-13(7-9)8-14/h5,8H,6-7H2,1-4H3. The van der Waals surface area contributed by atoms with Crippen molar-refractivity contribution in [1.82, 2.24) is 4.90 Å². The van der Waals surface area contributed by atoms with E-state index in [2.05, 4.69) is 0 Å². The molecule has 4 nitrogen and oxygen atoms in total. The van der Waals surface area contributed by atoms with Crippen LogP contribution in [0.2, 0.25) is 0 Å². The Morgan fingerprint density at radius 1 is 1.31 bits per heavy atom. The van der Waals surface area contributed by atoms with E-state index < -0.39 is 0 Å². The predicted molar refractivity (Wildman–Crippen MR) is 61.8 cm³/mol. The summed E-state index contributed by atoms with van der Waals surface area (Å²) in [6.07, 6.45) is 2.87. The van der Waals surface area contributed by atoms with E-state index in [-0.39, 0.29) is 18.3 Å². The second kappa shape index (κ2) is 3.60. The van der Waals surface area contributed by atoms with Crippen molar-refractivity contribution in [2.45, 2.75) is 38.9 Å². The van der Waals surface area contributed by atoms with Crippen LogP contribution in [0, 0.1) is 0 Å². The van der Waals surface area contributed by atoms with Crippen LogP contribution in [0.5, 0.6) is 0 Å². The molecule has 1 amide bonds. The first-order valence-corrected chi connectivity index (χ1v) is 5.60. The van der Waals surface area contributed by atoms with Crippen molar-refractivity contribution in [3.8, 4) is 0 Å². The largest absolute Gasteiger partial charge is 0.492 e. The predicted octanol–water partition coefficient (Wildman–Crippen LogP) is 1.02. The van der Waals surface area contributed by atoms with Crippen LogP contribution in [0.15, 0.2) is 11.5 Å². The molecule has 0 spiro atoms. The third-order valence-corrected chi connectivity index (χ3v) is 3.68. The van der Waals surface area contributed by atoms with Gasteiger partial charge in [0.1, 0.15) is 0 Å². The molecule has 0 aromatic rings. The third-order valence-electron chi connectivity index (χ3n) is 3.68. The van der Waals surface area contributed by atoms with Crippen molar-refractivity contribution in [3.63, 3.8) is 0 Å². The van der Waals surface area contributed by atoms with Crippen molar-refractivity contribution in [2.75, 3.05) is 13.1 Å². The number of rotatable bonds is 2. The first-order valence-electron chi connectivity index (χ1n) is 5.60. The van der Waals surface area contributed by atoms with E-state index in [1.165, 1.54) is 0 Å². The van der Waals surface area contributed by atoms with Gasteiger partial charge in [-0.3, -0.25) is 4.79 Å². The van der Waals surface area contributed by atoms with Crippen LogP contribution in [-0.4, -0.2) is 42.7 Å². The Bertz CT molecular complexity index is 322. The van der Waals surface area contributed by atoms with Gasteiger partial charge in [0.25, 0.3) is 0 Å². The number of hydrogen-bond donors (Lipinski definition) is 0. The average molecular weight is 223 g/mol. The Kier molecular flexibility index (Phi) is 2.63. The topological polar surface area (TPSA) is 38.8 Å². The van der Waals surface area contributed by atoms with Gasteiger partial charge < -0.3 is 14.2 Å². The Morgan fingerprint density at radius 3 is 2.31 bits per heavy atom. The van der Waals surface area contributed by atoms with E-state index in [4.69, 9.17) is 9.31 Å². The molecule has 0 aromatic heterocycles. The molecule has 2 aliphatic heterocycles. The lowest BCUT2D eigenvalue weighted by Gasteiger charge is -2.32. The Hall–Kier alpha value is -0.805. The molecule has 0 atom stereocenters. The summed E-state index contributed by atoms with van der Waals surface area (Å²) in [6.45, 7) is 9.38. The maximum Gasteiger partial charge on any atom is 0.492 e. The monoisotopic (exact) mass is 223 g/mol. The van der Waals surface area contributed by atoms with E-state index in [1.807, 2.05) is 33.8 Å². The van der Waals surface area contributed by atoms with Crippen LogP contribution in [0.1, 0.15) is 27.7 Å². The first-order chi connectivity index (χ1) is 7.36. The van der Waals surface area contributed by atoms with Crippen LogP contribution in [0.25, 0.3) is 0 Å². The van der Waals surface area contributed by atoms with Gasteiger partial charge in [0.2, 0.25) is 6.41 Å². The number of hydrogen-bond acceptors (Lipinski definition) is 3. The minimum atomic E-state index is -0.312. The maximum atomic E-state index is 10.6. The lowest BCUT2D eigenvalue weighted by Crippen LogP contribution is -2.41. The van der Waals surface area contributed by atoms with Gasteiger partial charge in [-0.05, 0) is 33.2 Å². The highest BCUT2D eigenvalue weighted by Crippen LogP contribution is 2.39. The molecule has 0 saturated carbocycles. The molecule has 2 rings (SSSR count). The molecule has 0 bridgehead atoms. The fraction of sp³-hybridized carbons (Fsp3) is 0.727. The summed E-state index contributed by atoms with van der Waals surface area (Å²) < 4.78 is 11.8. The SMILES string of the molecule is CC1(C)OB(C2=CCN(C=O)C2)OC1(C)C. The first kappa shape index (κ1) is 11.7. The van der Waals surface area contributed by atoms with Crippen molar-refractivity contribution in [1.29, 1.82) is 0 Å². The molecule has 16 heavy (non-hydrogen) atoms. The smallest absolute Gasteiger partial charge is 0.400 e. The van der Waals surface area contributed by atoms with E-state index in [9.17, 15) is 4.79 Å². The quantitative estimate of drug-likeness (QED) is 0.518. The van der Waals surface area contributed by atoms with Crippen molar-refractivity contribution >= 4 is 13.5 Å². The molecule has 88 valence electrons. The van der Waals surface area contributed by atoms with Gasteiger partial charge in [0.05, 0.1) is 11.2 Å². The minimum absolute atomic E-state index is 0.310. The molecule has 0 aliphatic carbocycles. The van der Waals surface area contributed by atoms with Crippen LogP contribution in [-0.2, 0) is 14.1 Å². The van der Waals surface area contributed by atoms with Crippen molar-refractivity contribution in [2.24, 2.45) is 0 Å². The average Bonchev–Trinajstić information content (AvgIpc) is 2.70. The van der Waals surface area contributed by atoms with Crippen LogP contribution in [0.3, 0.4) is 0 Å². The molecule has 0 radical (unpaired) electrons. The molecular weight excluding hydrogens is 205 g/mol. The van der Waals surface area contributed by atoms with E-state index in [0.29, 0.717) is 13.1 Å². The highest BCUT2D eigenvalue weighted by Gasteiger charge is 2.52. The highest BCUT2D eigenvalue weighted by atomic mass is 16.7. The molecule has 0 aromatic carbocycles. The second-order valence-corrected chi connectivity index (χ2v) is 5.40. The van der Waals surface area contributed by atoms with Gasteiger partial charge in [0.15, 0.2) is 0 Å². The number of carbonyl (C=O) groups is 1. The summed E-state index contributed by atoms with van der Waals surface area (Å²) in [5.74, 6) is 0. The van der Waals surface area contributed by atoms with E-state index >= 15 is 0 Å². The fourth-order valence-corrected chi connectivity index (χ4v) is 1.84. The van der Waals surface area contributed by atoms with Crippen molar-refractivity contribution in [3.05, 3.63) is 11.5 Å². The summed E-state index contributed by atoms with van der Waals surface area (Å²) in [7, 11) is -0.310. The molecule has 2 heterocycles. The van der Waals surface area contributed by atoms with Gasteiger partial charge in [-0.1, -0.05) is 6.08 Å². The number of amides is 1. The Labute approximate surface area is 96.7 Å². The van der Waals surface area contributed by atoms with Gasteiger partial charge >= 0.3 is 7.12 Å². The van der Waals surface area contributed by atoms with Gasteiger partial charge in [0, 0.05) is 13.1 Å². The fourth-order valence-electron chi connectivity index (χ4n) is 1.84. The van der Waals surface area contributed by atoms with Crippen LogP contribution in [0.4, 0.5) is 0 Å². The zero-order valence-corrected chi connectivity index (χ0v) is 10.3. The third kappa shape index (κ3) is 1.78. The summed E-state index contributed by atoms with van der Waals surface area (Å²) in [4.78, 5) is 12.3. The molecule has 5 heteroatoms. The molecule has 0 unspecified atom stereocenters. The normalized spacial score (nSPS) is 27.1. The van der Waals surface area contributed by atoms with Gasteiger partial charge in [-0.2, -0.15) is 0 Å². The molecule has 1 fully saturated rings. The van der Waals surface area contributed by atoms with Crippen LogP contribution >= 0.6 is 0 Å². The Balaban J connectivity index is 2.07. The Morgan fingerprint density at radius 2 is 1.88 bits per heavy atom.